The number of carbonyl (C=O) groups is 2. The minimum atomic E-state index is -0.665. The Morgan fingerprint density at radius 3 is 2.36 bits per heavy atom. The van der Waals surface area contributed by atoms with Crippen LogP contribution >= 0.6 is 0 Å². The maximum absolute atomic E-state index is 12.8. The summed E-state index contributed by atoms with van der Waals surface area (Å²) in [5.74, 6) is -0.924. The topological polar surface area (TPSA) is 64.6 Å². The second kappa shape index (κ2) is 9.22. The van der Waals surface area contributed by atoms with Crippen molar-refractivity contribution in [2.24, 2.45) is 0 Å². The summed E-state index contributed by atoms with van der Waals surface area (Å²) in [6, 6.07) is 14.6. The number of carbonyl (C=O) groups excluding carboxylic acids is 2. The standard InChI is InChI=1S/C19H18FNO4/c1-14(22)21-18(13-15-5-3-2-4-6-15)19(23)25-12-11-24-17-9-7-16(20)8-10-17/h2-10,13H,11-12H2,1H3,(H,21,22). The number of rotatable bonds is 7. The van der Waals surface area contributed by atoms with Gasteiger partial charge >= 0.3 is 5.97 Å². The van der Waals surface area contributed by atoms with Crippen LogP contribution in [-0.4, -0.2) is 25.1 Å². The van der Waals surface area contributed by atoms with Crippen LogP contribution in [0.4, 0.5) is 4.39 Å². The quantitative estimate of drug-likeness (QED) is 0.477. The monoisotopic (exact) mass is 343 g/mol. The van der Waals surface area contributed by atoms with Gasteiger partial charge in [0.2, 0.25) is 5.91 Å². The van der Waals surface area contributed by atoms with Crippen LogP contribution in [0.1, 0.15) is 12.5 Å². The van der Waals surface area contributed by atoms with Gasteiger partial charge in [0.15, 0.2) is 0 Å². The van der Waals surface area contributed by atoms with Crippen LogP contribution < -0.4 is 10.1 Å². The fraction of sp³-hybridized carbons (Fsp3) is 0.158. The van der Waals surface area contributed by atoms with Gasteiger partial charge in [-0.05, 0) is 35.9 Å². The Balaban J connectivity index is 1.89. The zero-order valence-corrected chi connectivity index (χ0v) is 13.7. The largest absolute Gasteiger partial charge is 0.490 e. The number of halogens is 1. The van der Waals surface area contributed by atoms with Crippen molar-refractivity contribution in [2.45, 2.75) is 6.92 Å². The summed E-state index contributed by atoms with van der Waals surface area (Å²) < 4.78 is 23.2. The number of ether oxygens (including phenoxy) is 2. The van der Waals surface area contributed by atoms with Gasteiger partial charge in [-0.1, -0.05) is 30.3 Å². The highest BCUT2D eigenvalue weighted by Gasteiger charge is 2.12. The predicted molar refractivity (Wildman–Crippen MR) is 91.1 cm³/mol. The molecule has 0 aromatic heterocycles. The van der Waals surface area contributed by atoms with E-state index in [1.165, 1.54) is 37.3 Å². The molecule has 0 saturated carbocycles. The Morgan fingerprint density at radius 1 is 1.04 bits per heavy atom. The molecule has 1 amide bonds. The van der Waals surface area contributed by atoms with Crippen molar-refractivity contribution in [1.29, 1.82) is 0 Å². The molecule has 0 fully saturated rings. The molecule has 0 bridgehead atoms. The van der Waals surface area contributed by atoms with E-state index in [4.69, 9.17) is 9.47 Å². The summed E-state index contributed by atoms with van der Waals surface area (Å²) in [4.78, 5) is 23.4. The predicted octanol–water partition coefficient (Wildman–Crippen LogP) is 2.92. The normalized spacial score (nSPS) is 10.9. The Labute approximate surface area is 145 Å². The second-order valence-corrected chi connectivity index (χ2v) is 5.09. The van der Waals surface area contributed by atoms with E-state index in [0.29, 0.717) is 5.75 Å². The molecule has 0 heterocycles. The summed E-state index contributed by atoms with van der Waals surface area (Å²) >= 11 is 0. The molecule has 1 N–H and O–H groups in total. The molecule has 0 aliphatic rings. The van der Waals surface area contributed by atoms with Gasteiger partial charge in [0, 0.05) is 6.92 Å². The Kier molecular flexibility index (Phi) is 6.71. The van der Waals surface area contributed by atoms with E-state index in [-0.39, 0.29) is 30.6 Å². The van der Waals surface area contributed by atoms with E-state index in [1.54, 1.807) is 12.1 Å². The molecule has 6 heteroatoms. The van der Waals surface area contributed by atoms with Crippen molar-refractivity contribution in [3.05, 3.63) is 71.7 Å². The van der Waals surface area contributed by atoms with Gasteiger partial charge in [-0.2, -0.15) is 0 Å². The Hall–Kier alpha value is -3.15. The van der Waals surface area contributed by atoms with Crippen LogP contribution in [0, 0.1) is 5.82 Å². The van der Waals surface area contributed by atoms with Crippen molar-refractivity contribution in [2.75, 3.05) is 13.2 Å². The van der Waals surface area contributed by atoms with Crippen LogP contribution in [0.2, 0.25) is 0 Å². The zero-order valence-electron chi connectivity index (χ0n) is 13.7. The van der Waals surface area contributed by atoms with Crippen LogP contribution in [0.15, 0.2) is 60.3 Å². The summed E-state index contributed by atoms with van der Waals surface area (Å²) in [6.07, 6.45) is 1.53. The first-order valence-corrected chi connectivity index (χ1v) is 7.64. The molecule has 0 unspecified atom stereocenters. The number of benzene rings is 2. The lowest BCUT2D eigenvalue weighted by atomic mass is 10.2. The fourth-order valence-corrected chi connectivity index (χ4v) is 1.95. The number of amides is 1. The first kappa shape index (κ1) is 18.2. The lowest BCUT2D eigenvalue weighted by Crippen LogP contribution is -2.27. The van der Waals surface area contributed by atoms with E-state index in [2.05, 4.69) is 5.32 Å². The van der Waals surface area contributed by atoms with Gasteiger partial charge in [0.05, 0.1) is 0 Å². The summed E-state index contributed by atoms with van der Waals surface area (Å²) in [5.41, 5.74) is 0.797. The molecule has 0 atom stereocenters. The number of esters is 1. The van der Waals surface area contributed by atoms with Gasteiger partial charge in [-0.3, -0.25) is 4.79 Å². The molecule has 0 aliphatic carbocycles. The SMILES string of the molecule is CC(=O)NC(=Cc1ccccc1)C(=O)OCCOc1ccc(F)cc1. The molecular formula is C19H18FNO4. The van der Waals surface area contributed by atoms with Crippen LogP contribution in [0.25, 0.3) is 6.08 Å². The lowest BCUT2D eigenvalue weighted by Gasteiger charge is -2.10. The van der Waals surface area contributed by atoms with Crippen molar-refractivity contribution in [1.82, 2.24) is 5.32 Å². The van der Waals surface area contributed by atoms with Crippen LogP contribution in [-0.2, 0) is 14.3 Å². The van der Waals surface area contributed by atoms with Crippen molar-refractivity contribution in [3.8, 4) is 5.75 Å². The average Bonchev–Trinajstić information content (AvgIpc) is 2.60. The van der Waals surface area contributed by atoms with Crippen molar-refractivity contribution < 1.29 is 23.5 Å². The Morgan fingerprint density at radius 2 is 1.72 bits per heavy atom. The smallest absolute Gasteiger partial charge is 0.354 e. The van der Waals surface area contributed by atoms with Gasteiger partial charge in [-0.25, -0.2) is 9.18 Å². The number of nitrogens with one attached hydrogen (secondary N) is 1. The fourth-order valence-electron chi connectivity index (χ4n) is 1.95. The molecule has 0 spiro atoms. The van der Waals surface area contributed by atoms with Crippen molar-refractivity contribution in [3.63, 3.8) is 0 Å². The lowest BCUT2D eigenvalue weighted by molar-refractivity contribution is -0.141. The van der Waals surface area contributed by atoms with Gasteiger partial charge in [0.1, 0.15) is 30.5 Å². The summed E-state index contributed by atoms with van der Waals surface area (Å²) in [6.45, 7) is 1.40. The molecule has 2 aromatic carbocycles. The molecule has 5 nitrogen and oxygen atoms in total. The van der Waals surface area contributed by atoms with Crippen LogP contribution in [0.3, 0.4) is 0 Å². The number of hydrogen-bond acceptors (Lipinski definition) is 4. The van der Waals surface area contributed by atoms with E-state index in [9.17, 15) is 14.0 Å². The van der Waals surface area contributed by atoms with E-state index in [0.717, 1.165) is 5.56 Å². The zero-order chi connectivity index (χ0) is 18.1. The molecule has 2 aromatic rings. The van der Waals surface area contributed by atoms with E-state index >= 15 is 0 Å². The highest BCUT2D eigenvalue weighted by Crippen LogP contribution is 2.11. The minimum absolute atomic E-state index is 0.0120. The highest BCUT2D eigenvalue weighted by molar-refractivity contribution is 5.97. The molecule has 130 valence electrons. The second-order valence-electron chi connectivity index (χ2n) is 5.09. The summed E-state index contributed by atoms with van der Waals surface area (Å²) in [7, 11) is 0. The molecule has 0 radical (unpaired) electrons. The van der Waals surface area contributed by atoms with Gasteiger partial charge < -0.3 is 14.8 Å². The average molecular weight is 343 g/mol. The molecule has 25 heavy (non-hydrogen) atoms. The molecule has 0 saturated heterocycles. The van der Waals surface area contributed by atoms with E-state index < -0.39 is 5.97 Å². The summed E-state index contributed by atoms with van der Waals surface area (Å²) in [5, 5.41) is 2.46. The van der Waals surface area contributed by atoms with Gasteiger partial charge in [0.25, 0.3) is 0 Å². The first-order chi connectivity index (χ1) is 12.0. The van der Waals surface area contributed by atoms with Crippen molar-refractivity contribution >= 4 is 18.0 Å². The maximum Gasteiger partial charge on any atom is 0.354 e. The molecular weight excluding hydrogens is 325 g/mol. The Bertz CT molecular complexity index is 742. The van der Waals surface area contributed by atoms with Gasteiger partial charge in [-0.15, -0.1) is 0 Å². The van der Waals surface area contributed by atoms with Crippen LogP contribution in [0.5, 0.6) is 5.75 Å². The maximum atomic E-state index is 12.8. The first-order valence-electron chi connectivity index (χ1n) is 7.64. The van der Waals surface area contributed by atoms with E-state index in [1.807, 2.05) is 18.2 Å². The number of hydrogen-bond donors (Lipinski definition) is 1. The third-order valence-corrected chi connectivity index (χ3v) is 3.04. The third-order valence-electron chi connectivity index (χ3n) is 3.04. The molecule has 2 rings (SSSR count). The molecule has 0 aliphatic heterocycles. The highest BCUT2D eigenvalue weighted by atomic mass is 19.1. The third kappa shape index (κ3) is 6.47. The minimum Gasteiger partial charge on any atom is -0.490 e.